The Balaban J connectivity index is 3.34. The van der Waals surface area contributed by atoms with Gasteiger partial charge in [-0.2, -0.15) is 0 Å². The molecule has 0 heterocycles. The van der Waals surface area contributed by atoms with Crippen molar-refractivity contribution in [3.8, 4) is 5.63 Å². The molecular formula is C9H13O3P. The topological polar surface area (TPSA) is 43.4 Å². The molecule has 4 heteroatoms. The summed E-state index contributed by atoms with van der Waals surface area (Å²) in [6.07, 6.45) is 2.26. The predicted molar refractivity (Wildman–Crippen MR) is 51.1 cm³/mol. The Labute approximate surface area is 79.3 Å². The molecule has 3 nitrogen and oxygen atoms in total. The summed E-state index contributed by atoms with van der Waals surface area (Å²) in [5.74, 6) is -0.352. The average molecular weight is 200 g/mol. The molecule has 0 radical (unpaired) electrons. The normalized spacial score (nSPS) is 8.69. The molecule has 0 unspecified atom stereocenters. The summed E-state index contributed by atoms with van der Waals surface area (Å²) in [5, 5.41) is 0. The molecule has 0 aliphatic rings. The summed E-state index contributed by atoms with van der Waals surface area (Å²) in [5.41, 5.74) is 3.03. The first kappa shape index (κ1) is 12.2. The second kappa shape index (κ2) is 7.85. The first-order chi connectivity index (χ1) is 6.18. The first-order valence-electron chi connectivity index (χ1n) is 4.06. The van der Waals surface area contributed by atoms with Crippen LogP contribution >= 0.6 is 7.92 Å². The Kier molecular flexibility index (Phi) is 7.38. The Morgan fingerprint density at radius 1 is 1.54 bits per heavy atom. The molecule has 0 rings (SSSR count). The number of carbonyl (C=O) groups excluding carboxylic acids is 1. The van der Waals surface area contributed by atoms with Gasteiger partial charge < -0.3 is 0 Å². The molecule has 0 aromatic rings. The van der Waals surface area contributed by atoms with E-state index in [9.17, 15) is 9.36 Å². The number of hydrogen-bond donors (Lipinski definition) is 0. The van der Waals surface area contributed by atoms with Crippen LogP contribution in [-0.2, 0) is 14.1 Å². The Morgan fingerprint density at radius 3 is 2.77 bits per heavy atom. The molecule has 0 saturated carbocycles. The number of unbranched alkanes of at least 4 members (excludes halogenated alkanes) is 2. The van der Waals surface area contributed by atoms with Crippen LogP contribution in [-0.4, -0.2) is 12.6 Å². The van der Waals surface area contributed by atoms with Gasteiger partial charge in [-0.15, -0.1) is 0 Å². The third-order valence-corrected chi connectivity index (χ3v) is 1.68. The van der Waals surface area contributed by atoms with E-state index in [2.05, 4.69) is 12.2 Å². The van der Waals surface area contributed by atoms with Crippen LogP contribution in [0.15, 0.2) is 12.2 Å². The summed E-state index contributed by atoms with van der Waals surface area (Å²) in [6.45, 7) is 5.46. The Hall–Kier alpha value is -0.780. The van der Waals surface area contributed by atoms with Gasteiger partial charge in [0.15, 0.2) is 0 Å². The maximum atomic E-state index is 10.8. The number of esters is 1. The van der Waals surface area contributed by atoms with Crippen LogP contribution in [0.1, 0.15) is 26.2 Å². The van der Waals surface area contributed by atoms with Gasteiger partial charge in [-0.25, -0.2) is 0 Å². The molecule has 0 fully saturated rings. The van der Waals surface area contributed by atoms with Gasteiger partial charge >= 0.3 is 78.6 Å². The van der Waals surface area contributed by atoms with Gasteiger partial charge in [0.1, 0.15) is 0 Å². The van der Waals surface area contributed by atoms with E-state index in [1.165, 1.54) is 0 Å². The van der Waals surface area contributed by atoms with Crippen molar-refractivity contribution in [1.29, 1.82) is 0 Å². The van der Waals surface area contributed by atoms with E-state index in [1.807, 2.05) is 0 Å². The van der Waals surface area contributed by atoms with E-state index < -0.39 is 0 Å². The van der Waals surface area contributed by atoms with Crippen LogP contribution < -0.4 is 0 Å². The number of ether oxygens (including phenoxy) is 1. The van der Waals surface area contributed by atoms with Crippen molar-refractivity contribution in [3.63, 3.8) is 0 Å². The quantitative estimate of drug-likeness (QED) is 0.296. The van der Waals surface area contributed by atoms with Crippen LogP contribution in [0.5, 0.6) is 0 Å². The fourth-order valence-electron chi connectivity index (χ4n) is 0.640. The molecule has 0 bridgehead atoms. The monoisotopic (exact) mass is 200 g/mol. The molecule has 0 aliphatic carbocycles. The molecule has 0 aliphatic heterocycles. The zero-order valence-electron chi connectivity index (χ0n) is 7.71. The van der Waals surface area contributed by atoms with Crippen LogP contribution in [0.4, 0.5) is 0 Å². The predicted octanol–water partition coefficient (Wildman–Crippen LogP) is 2.53. The number of carbonyl (C=O) groups is 1. The molecule has 0 N–H and O–H groups in total. The van der Waals surface area contributed by atoms with Crippen molar-refractivity contribution >= 4 is 13.9 Å². The average Bonchev–Trinajstić information content (AvgIpc) is 2.10. The maximum absolute atomic E-state index is 10.8. The fraction of sp³-hybridized carbons (Fsp3) is 0.556. The van der Waals surface area contributed by atoms with Gasteiger partial charge in [-0.05, 0) is 0 Å². The molecule has 0 amide bonds. The fourth-order valence-corrected chi connectivity index (χ4v) is 0.889. The summed E-state index contributed by atoms with van der Waals surface area (Å²) in [4.78, 5) is 10.8. The van der Waals surface area contributed by atoms with Gasteiger partial charge in [0, 0.05) is 0 Å². The third kappa shape index (κ3) is 7.58. The molecule has 0 spiro atoms. The SMILES string of the molecule is C=C(C)C(=O)OCCCCC#P=O. The van der Waals surface area contributed by atoms with Crippen molar-refractivity contribution in [2.24, 2.45) is 0 Å². The standard InChI is InChI=1S/C9H13O3P/c1-8(2)9(10)12-6-4-3-5-7-13-11/h1,3-6H2,2H3. The van der Waals surface area contributed by atoms with Crippen molar-refractivity contribution in [3.05, 3.63) is 12.2 Å². The van der Waals surface area contributed by atoms with Crippen molar-refractivity contribution in [2.75, 3.05) is 6.61 Å². The number of rotatable bonds is 5. The van der Waals surface area contributed by atoms with E-state index in [4.69, 9.17) is 4.74 Å². The van der Waals surface area contributed by atoms with Gasteiger partial charge in [-0.1, -0.05) is 0 Å². The van der Waals surface area contributed by atoms with E-state index in [0.717, 1.165) is 12.8 Å². The van der Waals surface area contributed by atoms with Gasteiger partial charge in [-0.3, -0.25) is 0 Å². The van der Waals surface area contributed by atoms with E-state index in [0.29, 0.717) is 18.6 Å². The zero-order chi connectivity index (χ0) is 10.1. The second-order valence-corrected chi connectivity index (χ2v) is 3.12. The zero-order valence-corrected chi connectivity index (χ0v) is 8.60. The molecule has 0 saturated heterocycles. The van der Waals surface area contributed by atoms with Crippen LogP contribution in [0, 0.1) is 5.63 Å². The van der Waals surface area contributed by atoms with E-state index in [1.54, 1.807) is 6.92 Å². The van der Waals surface area contributed by atoms with Gasteiger partial charge in [0.05, 0.1) is 0 Å². The molecule has 0 aromatic heterocycles. The summed E-state index contributed by atoms with van der Waals surface area (Å²) >= 11 is 0. The molecular weight excluding hydrogens is 187 g/mol. The van der Waals surface area contributed by atoms with Crippen molar-refractivity contribution < 1.29 is 14.1 Å². The summed E-state index contributed by atoms with van der Waals surface area (Å²) in [7, 11) is -0.0559. The minimum atomic E-state index is -0.352. The van der Waals surface area contributed by atoms with Gasteiger partial charge in [0.2, 0.25) is 0 Å². The molecule has 13 heavy (non-hydrogen) atoms. The van der Waals surface area contributed by atoms with Crippen molar-refractivity contribution in [2.45, 2.75) is 26.2 Å². The summed E-state index contributed by atoms with van der Waals surface area (Å²) < 4.78 is 14.8. The van der Waals surface area contributed by atoms with Crippen LogP contribution in [0.2, 0.25) is 0 Å². The van der Waals surface area contributed by atoms with Gasteiger partial charge in [0.25, 0.3) is 0 Å². The van der Waals surface area contributed by atoms with Crippen LogP contribution in [0.25, 0.3) is 0 Å². The Morgan fingerprint density at radius 2 is 2.23 bits per heavy atom. The van der Waals surface area contributed by atoms with Crippen molar-refractivity contribution in [1.82, 2.24) is 0 Å². The minimum absolute atomic E-state index is 0.0559. The van der Waals surface area contributed by atoms with E-state index >= 15 is 0 Å². The van der Waals surface area contributed by atoms with Crippen LogP contribution in [0.3, 0.4) is 0 Å². The van der Waals surface area contributed by atoms with E-state index in [-0.39, 0.29) is 13.9 Å². The third-order valence-electron chi connectivity index (χ3n) is 1.33. The Bertz CT molecular complexity index is 276. The molecule has 72 valence electrons. The molecule has 0 atom stereocenters. The second-order valence-electron chi connectivity index (χ2n) is 2.62. The first-order valence-corrected chi connectivity index (χ1v) is 4.87. The summed E-state index contributed by atoms with van der Waals surface area (Å²) in [6, 6.07) is 0. The number of hydrogen-bond acceptors (Lipinski definition) is 3. The molecule has 0 aromatic carbocycles.